The van der Waals surface area contributed by atoms with Crippen LogP contribution in [0.2, 0.25) is 0 Å². The molecule has 2 unspecified atom stereocenters. The highest BCUT2D eigenvalue weighted by Crippen LogP contribution is 2.39. The Labute approximate surface area is 187 Å². The smallest absolute Gasteiger partial charge is 0.251 e. The second kappa shape index (κ2) is 9.44. The summed E-state index contributed by atoms with van der Waals surface area (Å²) in [6, 6.07) is 4.55. The number of carbonyl (C=O) groups is 1. The van der Waals surface area contributed by atoms with Crippen LogP contribution in [0.5, 0.6) is 17.2 Å². The van der Waals surface area contributed by atoms with E-state index in [0.29, 0.717) is 34.9 Å². The highest BCUT2D eigenvalue weighted by molar-refractivity contribution is 7.09. The number of piperidine rings is 2. The lowest BCUT2D eigenvalue weighted by molar-refractivity contribution is 0.0176. The summed E-state index contributed by atoms with van der Waals surface area (Å²) in [5.74, 6) is 1.35. The topological polar surface area (TPSA) is 72.9 Å². The molecule has 3 heterocycles. The Morgan fingerprint density at radius 3 is 2.29 bits per heavy atom. The molecule has 7 nitrogen and oxygen atoms in total. The second-order valence-corrected chi connectivity index (χ2v) is 9.29. The van der Waals surface area contributed by atoms with E-state index in [1.165, 1.54) is 24.3 Å². The van der Waals surface area contributed by atoms with Crippen molar-refractivity contribution in [3.05, 3.63) is 33.8 Å². The van der Waals surface area contributed by atoms with Gasteiger partial charge in [-0.15, -0.1) is 11.3 Å². The number of amides is 1. The third-order valence-corrected chi connectivity index (χ3v) is 7.32. The van der Waals surface area contributed by atoms with Crippen LogP contribution in [-0.4, -0.2) is 55.2 Å². The molecule has 1 aromatic carbocycles. The zero-order chi connectivity index (χ0) is 22.0. The largest absolute Gasteiger partial charge is 0.493 e. The lowest BCUT2D eigenvalue weighted by Gasteiger charge is -2.48. The van der Waals surface area contributed by atoms with Crippen LogP contribution in [-0.2, 0) is 6.54 Å². The molecule has 1 aromatic heterocycles. The number of hydrogen-bond acceptors (Lipinski definition) is 7. The minimum atomic E-state index is -0.105. The van der Waals surface area contributed by atoms with Gasteiger partial charge >= 0.3 is 0 Å². The van der Waals surface area contributed by atoms with E-state index >= 15 is 0 Å². The summed E-state index contributed by atoms with van der Waals surface area (Å²) in [5, 5.41) is 6.57. The first-order valence-corrected chi connectivity index (χ1v) is 11.7. The van der Waals surface area contributed by atoms with Crippen molar-refractivity contribution in [2.45, 2.75) is 63.7 Å². The Hall–Kier alpha value is -2.32. The Balaban J connectivity index is 1.45. The predicted molar refractivity (Wildman–Crippen MR) is 120 cm³/mol. The standard InChI is InChI=1S/C23H31N3O4S/c1-14-13-31-21(24-14)12-26-17-6-5-7-18(26)11-16(10-17)25-23(27)15-8-19(28-2)22(30-4)20(9-15)29-3/h8-9,13,16-18H,5-7,10-12H2,1-4H3,(H,25,27). The molecule has 2 fully saturated rings. The van der Waals surface area contributed by atoms with Crippen molar-refractivity contribution in [3.8, 4) is 17.2 Å². The van der Waals surface area contributed by atoms with Gasteiger partial charge in [0.1, 0.15) is 5.01 Å². The summed E-state index contributed by atoms with van der Waals surface area (Å²) in [4.78, 5) is 20.3. The Morgan fingerprint density at radius 2 is 1.77 bits per heavy atom. The van der Waals surface area contributed by atoms with Gasteiger partial charge in [0.15, 0.2) is 11.5 Å². The molecule has 1 amide bonds. The van der Waals surface area contributed by atoms with Crippen molar-refractivity contribution in [1.82, 2.24) is 15.2 Å². The Bertz CT molecular complexity index is 892. The van der Waals surface area contributed by atoms with E-state index in [0.717, 1.165) is 25.1 Å². The summed E-state index contributed by atoms with van der Waals surface area (Å²) < 4.78 is 16.2. The minimum absolute atomic E-state index is 0.105. The number of thiazole rings is 1. The molecule has 31 heavy (non-hydrogen) atoms. The van der Waals surface area contributed by atoms with E-state index in [4.69, 9.17) is 14.2 Å². The minimum Gasteiger partial charge on any atom is -0.493 e. The third kappa shape index (κ3) is 4.65. The number of rotatable bonds is 7. The summed E-state index contributed by atoms with van der Waals surface area (Å²) in [6.45, 7) is 2.97. The number of aryl methyl sites for hydroxylation is 1. The number of methoxy groups -OCH3 is 3. The van der Waals surface area contributed by atoms with Crippen molar-refractivity contribution in [1.29, 1.82) is 0 Å². The van der Waals surface area contributed by atoms with Gasteiger partial charge in [0.2, 0.25) is 5.75 Å². The lowest BCUT2D eigenvalue weighted by Crippen LogP contribution is -2.56. The molecular weight excluding hydrogens is 414 g/mol. The molecule has 2 atom stereocenters. The molecule has 2 aromatic rings. The molecule has 0 spiro atoms. The van der Waals surface area contributed by atoms with Crippen LogP contribution in [0.25, 0.3) is 0 Å². The van der Waals surface area contributed by atoms with Crippen LogP contribution >= 0.6 is 11.3 Å². The van der Waals surface area contributed by atoms with E-state index in [9.17, 15) is 4.79 Å². The van der Waals surface area contributed by atoms with Gasteiger partial charge in [0, 0.05) is 34.8 Å². The number of benzene rings is 1. The fraction of sp³-hybridized carbons (Fsp3) is 0.565. The van der Waals surface area contributed by atoms with Crippen LogP contribution in [0.15, 0.2) is 17.5 Å². The van der Waals surface area contributed by atoms with E-state index < -0.39 is 0 Å². The zero-order valence-electron chi connectivity index (χ0n) is 18.6. The van der Waals surface area contributed by atoms with E-state index in [1.54, 1.807) is 44.8 Å². The molecule has 0 aliphatic carbocycles. The van der Waals surface area contributed by atoms with Crippen molar-refractivity contribution < 1.29 is 19.0 Å². The van der Waals surface area contributed by atoms with Gasteiger partial charge in [0.25, 0.3) is 5.91 Å². The van der Waals surface area contributed by atoms with Crippen molar-refractivity contribution >= 4 is 17.2 Å². The summed E-state index contributed by atoms with van der Waals surface area (Å²) in [5.41, 5.74) is 1.61. The highest BCUT2D eigenvalue weighted by atomic mass is 32.1. The lowest BCUT2D eigenvalue weighted by atomic mass is 9.81. The van der Waals surface area contributed by atoms with Crippen LogP contribution < -0.4 is 19.5 Å². The molecular formula is C23H31N3O4S. The highest BCUT2D eigenvalue weighted by Gasteiger charge is 2.39. The van der Waals surface area contributed by atoms with Gasteiger partial charge in [0.05, 0.1) is 27.9 Å². The molecule has 2 bridgehead atoms. The number of carbonyl (C=O) groups excluding carboxylic acids is 1. The van der Waals surface area contributed by atoms with Crippen molar-refractivity contribution in [2.24, 2.45) is 0 Å². The second-order valence-electron chi connectivity index (χ2n) is 8.35. The first kappa shape index (κ1) is 21.9. The molecule has 2 aliphatic heterocycles. The van der Waals surface area contributed by atoms with Crippen molar-refractivity contribution in [2.75, 3.05) is 21.3 Å². The van der Waals surface area contributed by atoms with Crippen LogP contribution in [0.4, 0.5) is 0 Å². The molecule has 0 saturated carbocycles. The number of ether oxygens (including phenoxy) is 3. The summed E-state index contributed by atoms with van der Waals surface area (Å²) in [7, 11) is 4.67. The molecule has 1 N–H and O–H groups in total. The number of aromatic nitrogens is 1. The predicted octanol–water partition coefficient (Wildman–Crippen LogP) is 3.79. The zero-order valence-corrected chi connectivity index (χ0v) is 19.5. The summed E-state index contributed by atoms with van der Waals surface area (Å²) >= 11 is 1.74. The van der Waals surface area contributed by atoms with E-state index in [-0.39, 0.29) is 11.9 Å². The maximum atomic E-state index is 13.1. The number of nitrogens with one attached hydrogen (secondary N) is 1. The SMILES string of the molecule is COc1cc(C(=O)NC2CC3CCCC(C2)N3Cc2nc(C)cs2)cc(OC)c1OC. The van der Waals surface area contributed by atoms with Gasteiger partial charge in [-0.05, 0) is 44.7 Å². The molecule has 2 saturated heterocycles. The van der Waals surface area contributed by atoms with Gasteiger partial charge in [-0.1, -0.05) is 6.42 Å². The molecule has 0 radical (unpaired) electrons. The number of hydrogen-bond donors (Lipinski definition) is 1. The number of fused-ring (bicyclic) bond motifs is 2. The molecule has 4 rings (SSSR count). The monoisotopic (exact) mass is 445 g/mol. The quantitative estimate of drug-likeness (QED) is 0.699. The maximum absolute atomic E-state index is 13.1. The van der Waals surface area contributed by atoms with Crippen LogP contribution in [0, 0.1) is 6.92 Å². The number of nitrogens with zero attached hydrogens (tertiary/aromatic N) is 2. The Morgan fingerprint density at radius 1 is 1.13 bits per heavy atom. The fourth-order valence-electron chi connectivity index (χ4n) is 4.97. The third-order valence-electron chi connectivity index (χ3n) is 6.37. The normalized spacial score (nSPS) is 23.3. The van der Waals surface area contributed by atoms with E-state index in [2.05, 4.69) is 20.6 Å². The Kier molecular flexibility index (Phi) is 6.67. The van der Waals surface area contributed by atoms with Crippen molar-refractivity contribution in [3.63, 3.8) is 0 Å². The average molecular weight is 446 g/mol. The molecule has 2 aliphatic rings. The average Bonchev–Trinajstić information content (AvgIpc) is 3.17. The van der Waals surface area contributed by atoms with Gasteiger partial charge < -0.3 is 19.5 Å². The van der Waals surface area contributed by atoms with Crippen LogP contribution in [0.3, 0.4) is 0 Å². The first-order chi connectivity index (χ1) is 15.0. The molecule has 8 heteroatoms. The van der Waals surface area contributed by atoms with Gasteiger partial charge in [-0.2, -0.15) is 0 Å². The fourth-order valence-corrected chi connectivity index (χ4v) is 5.75. The maximum Gasteiger partial charge on any atom is 0.251 e. The summed E-state index contributed by atoms with van der Waals surface area (Å²) in [6.07, 6.45) is 5.55. The van der Waals surface area contributed by atoms with Gasteiger partial charge in [-0.25, -0.2) is 4.98 Å². The first-order valence-electron chi connectivity index (χ1n) is 10.8. The van der Waals surface area contributed by atoms with E-state index in [1.807, 2.05) is 6.92 Å². The van der Waals surface area contributed by atoms with Gasteiger partial charge in [-0.3, -0.25) is 9.69 Å². The van der Waals surface area contributed by atoms with Crippen LogP contribution in [0.1, 0.15) is 53.2 Å². The molecule has 168 valence electrons.